The molecular weight excluding hydrogens is 266 g/mol. The topological polar surface area (TPSA) is 35.2 Å². The maximum absolute atomic E-state index is 5.97. The molecular formula is C13H18BrNO. The first-order valence-electron chi connectivity index (χ1n) is 5.70. The van der Waals surface area contributed by atoms with E-state index >= 15 is 0 Å². The average Bonchev–Trinajstić information content (AvgIpc) is 2.21. The van der Waals surface area contributed by atoms with Crippen molar-refractivity contribution >= 4 is 15.9 Å². The molecule has 0 spiro atoms. The van der Waals surface area contributed by atoms with Crippen LogP contribution in [-0.2, 0) is 16.8 Å². The third kappa shape index (κ3) is 1.92. The van der Waals surface area contributed by atoms with Crippen LogP contribution in [0.4, 0.5) is 0 Å². The lowest BCUT2D eigenvalue weighted by Crippen LogP contribution is -2.42. The molecule has 1 fully saturated rings. The fourth-order valence-electron chi connectivity index (χ4n) is 2.60. The number of hydrogen-bond acceptors (Lipinski definition) is 2. The lowest BCUT2D eigenvalue weighted by Gasteiger charge is -2.43. The number of halogens is 1. The normalized spacial score (nSPS) is 18.2. The third-order valence-corrected chi connectivity index (χ3v) is 4.29. The van der Waals surface area contributed by atoms with Crippen molar-refractivity contribution in [3.63, 3.8) is 0 Å². The van der Waals surface area contributed by atoms with Gasteiger partial charge in [-0.15, -0.1) is 0 Å². The molecule has 0 saturated heterocycles. The van der Waals surface area contributed by atoms with Gasteiger partial charge in [-0.1, -0.05) is 34.5 Å². The molecule has 2 nitrogen and oxygen atoms in total. The highest BCUT2D eigenvalue weighted by Crippen LogP contribution is 2.47. The second kappa shape index (κ2) is 4.86. The first kappa shape index (κ1) is 12.1. The molecule has 88 valence electrons. The minimum atomic E-state index is 0.188. The van der Waals surface area contributed by atoms with Crippen molar-refractivity contribution in [2.75, 3.05) is 13.7 Å². The maximum atomic E-state index is 5.97. The number of methoxy groups -OCH3 is 1. The van der Waals surface area contributed by atoms with Gasteiger partial charge in [-0.2, -0.15) is 0 Å². The molecule has 2 rings (SSSR count). The van der Waals surface area contributed by atoms with E-state index < -0.39 is 0 Å². The van der Waals surface area contributed by atoms with Crippen LogP contribution in [0.3, 0.4) is 0 Å². The van der Waals surface area contributed by atoms with Gasteiger partial charge in [-0.25, -0.2) is 0 Å². The Labute approximate surface area is 105 Å². The molecule has 1 aliphatic carbocycles. The summed E-state index contributed by atoms with van der Waals surface area (Å²) in [6.45, 7) is 1.39. The fourth-order valence-corrected chi connectivity index (χ4v) is 3.43. The summed E-state index contributed by atoms with van der Waals surface area (Å²) in [4.78, 5) is 0. The molecule has 0 radical (unpaired) electrons. The summed E-state index contributed by atoms with van der Waals surface area (Å²) in [6.07, 6.45) is 3.68. The van der Waals surface area contributed by atoms with Gasteiger partial charge in [0.2, 0.25) is 0 Å². The van der Waals surface area contributed by atoms with Crippen LogP contribution >= 0.6 is 15.9 Å². The Kier molecular flexibility index (Phi) is 3.67. The highest BCUT2D eigenvalue weighted by atomic mass is 79.9. The van der Waals surface area contributed by atoms with Gasteiger partial charge in [0.1, 0.15) is 0 Å². The van der Waals surface area contributed by atoms with E-state index in [-0.39, 0.29) is 5.41 Å². The standard InChI is InChI=1S/C13H18BrNO/c1-16-8-10-4-2-5-11(14)12(10)13(9-15)6-3-7-13/h2,4-5H,3,6-9,15H2,1H3. The maximum Gasteiger partial charge on any atom is 0.0716 e. The minimum Gasteiger partial charge on any atom is -0.380 e. The van der Waals surface area contributed by atoms with E-state index in [1.165, 1.54) is 34.9 Å². The van der Waals surface area contributed by atoms with E-state index in [0.717, 1.165) is 6.54 Å². The summed E-state index contributed by atoms with van der Waals surface area (Å²) in [5.74, 6) is 0. The molecule has 0 aromatic heterocycles. The van der Waals surface area contributed by atoms with Crippen LogP contribution < -0.4 is 5.73 Å². The Morgan fingerprint density at radius 1 is 1.44 bits per heavy atom. The second-order valence-corrected chi connectivity index (χ2v) is 5.40. The molecule has 16 heavy (non-hydrogen) atoms. The first-order valence-corrected chi connectivity index (χ1v) is 6.50. The fraction of sp³-hybridized carbons (Fsp3) is 0.538. The summed E-state index contributed by atoms with van der Waals surface area (Å²) in [6, 6.07) is 6.30. The molecule has 0 atom stereocenters. The smallest absolute Gasteiger partial charge is 0.0716 e. The van der Waals surface area contributed by atoms with Crippen molar-refractivity contribution in [2.45, 2.75) is 31.3 Å². The lowest BCUT2D eigenvalue weighted by molar-refractivity contribution is 0.178. The first-order chi connectivity index (χ1) is 7.73. The van der Waals surface area contributed by atoms with Crippen molar-refractivity contribution in [2.24, 2.45) is 5.73 Å². The van der Waals surface area contributed by atoms with Crippen LogP contribution in [0.25, 0.3) is 0 Å². The average molecular weight is 284 g/mol. The van der Waals surface area contributed by atoms with Crippen molar-refractivity contribution in [1.29, 1.82) is 0 Å². The van der Waals surface area contributed by atoms with E-state index in [0.29, 0.717) is 6.61 Å². The molecule has 0 bridgehead atoms. The molecule has 1 saturated carbocycles. The predicted octanol–water partition coefficient (Wildman–Crippen LogP) is 2.98. The molecule has 1 aromatic rings. The van der Waals surface area contributed by atoms with Crippen LogP contribution in [0.15, 0.2) is 22.7 Å². The van der Waals surface area contributed by atoms with Gasteiger partial charge in [0.25, 0.3) is 0 Å². The Balaban J connectivity index is 2.44. The van der Waals surface area contributed by atoms with Gasteiger partial charge in [-0.05, 0) is 30.0 Å². The SMILES string of the molecule is COCc1cccc(Br)c1C1(CN)CCC1. The Bertz CT molecular complexity index is 369. The molecule has 0 amide bonds. The molecule has 0 aliphatic heterocycles. The zero-order valence-electron chi connectivity index (χ0n) is 9.63. The van der Waals surface area contributed by atoms with E-state index in [1.54, 1.807) is 7.11 Å². The lowest BCUT2D eigenvalue weighted by atomic mass is 9.63. The molecule has 0 heterocycles. The summed E-state index contributed by atoms with van der Waals surface area (Å²) in [5, 5.41) is 0. The van der Waals surface area contributed by atoms with Crippen LogP contribution in [-0.4, -0.2) is 13.7 Å². The predicted molar refractivity (Wildman–Crippen MR) is 69.4 cm³/mol. The molecule has 3 heteroatoms. The largest absolute Gasteiger partial charge is 0.380 e. The number of nitrogens with two attached hydrogens (primary N) is 1. The van der Waals surface area contributed by atoms with E-state index in [1.807, 2.05) is 0 Å². The van der Waals surface area contributed by atoms with Gasteiger partial charge in [0.15, 0.2) is 0 Å². The van der Waals surface area contributed by atoms with Gasteiger partial charge in [-0.3, -0.25) is 0 Å². The van der Waals surface area contributed by atoms with Crippen LogP contribution in [0.1, 0.15) is 30.4 Å². The monoisotopic (exact) mass is 283 g/mol. The van der Waals surface area contributed by atoms with Gasteiger partial charge in [0, 0.05) is 23.5 Å². The van der Waals surface area contributed by atoms with E-state index in [2.05, 4.69) is 34.1 Å². The number of ether oxygens (including phenoxy) is 1. The van der Waals surface area contributed by atoms with Crippen molar-refractivity contribution in [1.82, 2.24) is 0 Å². The van der Waals surface area contributed by atoms with E-state index in [9.17, 15) is 0 Å². The molecule has 0 unspecified atom stereocenters. The summed E-state index contributed by atoms with van der Waals surface area (Å²) >= 11 is 3.66. The van der Waals surface area contributed by atoms with Crippen molar-refractivity contribution < 1.29 is 4.74 Å². The quantitative estimate of drug-likeness (QED) is 0.922. The third-order valence-electron chi connectivity index (χ3n) is 3.63. The molecule has 1 aromatic carbocycles. The molecule has 1 aliphatic rings. The van der Waals surface area contributed by atoms with Crippen molar-refractivity contribution in [3.05, 3.63) is 33.8 Å². The van der Waals surface area contributed by atoms with E-state index in [4.69, 9.17) is 10.5 Å². The van der Waals surface area contributed by atoms with Crippen LogP contribution in [0.5, 0.6) is 0 Å². The zero-order chi connectivity index (χ0) is 11.6. The Hall–Kier alpha value is -0.380. The summed E-state index contributed by atoms with van der Waals surface area (Å²) in [5.41, 5.74) is 8.79. The number of benzene rings is 1. The number of rotatable bonds is 4. The van der Waals surface area contributed by atoms with Crippen LogP contribution in [0.2, 0.25) is 0 Å². The minimum absolute atomic E-state index is 0.188. The van der Waals surface area contributed by atoms with Gasteiger partial charge < -0.3 is 10.5 Å². The Morgan fingerprint density at radius 2 is 2.19 bits per heavy atom. The summed E-state index contributed by atoms with van der Waals surface area (Å²) in [7, 11) is 1.74. The second-order valence-electron chi connectivity index (χ2n) is 4.54. The van der Waals surface area contributed by atoms with Crippen LogP contribution in [0, 0.1) is 0 Å². The Morgan fingerprint density at radius 3 is 2.69 bits per heavy atom. The highest BCUT2D eigenvalue weighted by Gasteiger charge is 2.40. The van der Waals surface area contributed by atoms with Gasteiger partial charge in [0.05, 0.1) is 6.61 Å². The summed E-state index contributed by atoms with van der Waals surface area (Å²) < 4.78 is 6.44. The van der Waals surface area contributed by atoms with Gasteiger partial charge >= 0.3 is 0 Å². The van der Waals surface area contributed by atoms with Crippen molar-refractivity contribution in [3.8, 4) is 0 Å². The molecule has 2 N–H and O–H groups in total. The highest BCUT2D eigenvalue weighted by molar-refractivity contribution is 9.10. The zero-order valence-corrected chi connectivity index (χ0v) is 11.2. The number of hydrogen-bond donors (Lipinski definition) is 1.